The summed E-state index contributed by atoms with van der Waals surface area (Å²) in [7, 11) is 0. The Morgan fingerprint density at radius 3 is 2.71 bits per heavy atom. The van der Waals surface area contributed by atoms with Gasteiger partial charge in [-0.3, -0.25) is 9.69 Å². The van der Waals surface area contributed by atoms with Crippen LogP contribution in [-0.4, -0.2) is 46.3 Å². The summed E-state index contributed by atoms with van der Waals surface area (Å²) in [6.07, 6.45) is 0.0427. The third-order valence-electron chi connectivity index (χ3n) is 4.39. The third kappa shape index (κ3) is 3.60. The minimum Gasteiger partial charge on any atom is -0.481 e. The van der Waals surface area contributed by atoms with Gasteiger partial charge in [0.1, 0.15) is 5.82 Å². The third-order valence-corrected chi connectivity index (χ3v) is 4.39. The fourth-order valence-electron chi connectivity index (χ4n) is 3.15. The maximum absolute atomic E-state index is 13.4. The summed E-state index contributed by atoms with van der Waals surface area (Å²) >= 11 is 0. The van der Waals surface area contributed by atoms with Crippen molar-refractivity contribution >= 4 is 5.97 Å². The van der Waals surface area contributed by atoms with Gasteiger partial charge in [0, 0.05) is 37.1 Å². The molecule has 2 N–H and O–H groups in total. The Bertz CT molecular complexity index is 518. The molecule has 1 fully saturated rings. The number of rotatable bonds is 5. The average Bonchev–Trinajstić information content (AvgIpc) is 2.82. The van der Waals surface area contributed by atoms with Gasteiger partial charge in [-0.15, -0.1) is 0 Å². The second-order valence-electron chi connectivity index (χ2n) is 6.39. The SMILES string of the molecule is CC(C)(CC(=O)O)N1C[C@H](CO)[C@@H](c2cccc(F)c2)C1. The highest BCUT2D eigenvalue weighted by atomic mass is 19.1. The molecule has 21 heavy (non-hydrogen) atoms. The number of hydrogen-bond donors (Lipinski definition) is 2. The van der Waals surface area contributed by atoms with Crippen molar-refractivity contribution in [3.63, 3.8) is 0 Å². The summed E-state index contributed by atoms with van der Waals surface area (Å²) in [6.45, 7) is 5.06. The van der Waals surface area contributed by atoms with Gasteiger partial charge in [0.05, 0.1) is 6.42 Å². The number of hydrogen-bond acceptors (Lipinski definition) is 3. The number of aliphatic hydroxyl groups is 1. The second-order valence-corrected chi connectivity index (χ2v) is 6.39. The second kappa shape index (κ2) is 6.12. The summed E-state index contributed by atoms with van der Waals surface area (Å²) in [5.41, 5.74) is 0.379. The van der Waals surface area contributed by atoms with E-state index in [2.05, 4.69) is 4.90 Å². The molecule has 1 aliphatic heterocycles. The lowest BCUT2D eigenvalue weighted by molar-refractivity contribution is -0.139. The topological polar surface area (TPSA) is 60.8 Å². The molecule has 0 aromatic heterocycles. The van der Waals surface area contributed by atoms with E-state index >= 15 is 0 Å². The highest BCUT2D eigenvalue weighted by molar-refractivity contribution is 5.68. The Kier molecular flexibility index (Phi) is 4.64. The molecule has 1 saturated heterocycles. The molecule has 1 aromatic rings. The van der Waals surface area contributed by atoms with Crippen molar-refractivity contribution in [1.82, 2.24) is 4.90 Å². The number of aliphatic hydroxyl groups excluding tert-OH is 1. The molecule has 1 aliphatic rings. The Hall–Kier alpha value is -1.46. The van der Waals surface area contributed by atoms with Crippen molar-refractivity contribution in [2.75, 3.05) is 19.7 Å². The molecule has 1 aromatic carbocycles. The first kappa shape index (κ1) is 15.9. The molecule has 0 spiro atoms. The molecule has 5 heteroatoms. The van der Waals surface area contributed by atoms with Crippen LogP contribution in [0, 0.1) is 11.7 Å². The first-order chi connectivity index (χ1) is 9.83. The number of likely N-dealkylation sites (tertiary alicyclic amines) is 1. The quantitative estimate of drug-likeness (QED) is 0.873. The first-order valence-electron chi connectivity index (χ1n) is 7.16. The van der Waals surface area contributed by atoms with Crippen molar-refractivity contribution in [1.29, 1.82) is 0 Å². The van der Waals surface area contributed by atoms with Gasteiger partial charge in [0.15, 0.2) is 0 Å². The van der Waals surface area contributed by atoms with Crippen molar-refractivity contribution in [2.45, 2.75) is 31.7 Å². The molecular weight excluding hydrogens is 273 g/mol. The molecule has 0 unspecified atom stereocenters. The predicted molar refractivity (Wildman–Crippen MR) is 77.6 cm³/mol. The van der Waals surface area contributed by atoms with E-state index in [4.69, 9.17) is 5.11 Å². The average molecular weight is 295 g/mol. The first-order valence-corrected chi connectivity index (χ1v) is 7.16. The van der Waals surface area contributed by atoms with E-state index in [1.807, 2.05) is 19.9 Å². The van der Waals surface area contributed by atoms with Crippen molar-refractivity contribution in [3.05, 3.63) is 35.6 Å². The van der Waals surface area contributed by atoms with Gasteiger partial charge in [0.25, 0.3) is 0 Å². The molecule has 0 saturated carbocycles. The van der Waals surface area contributed by atoms with Gasteiger partial charge in [0.2, 0.25) is 0 Å². The fourth-order valence-corrected chi connectivity index (χ4v) is 3.15. The molecule has 0 bridgehead atoms. The van der Waals surface area contributed by atoms with Crippen molar-refractivity contribution < 1.29 is 19.4 Å². The van der Waals surface area contributed by atoms with Crippen LogP contribution in [0.15, 0.2) is 24.3 Å². The maximum atomic E-state index is 13.4. The summed E-state index contributed by atoms with van der Waals surface area (Å²) < 4.78 is 13.4. The van der Waals surface area contributed by atoms with Gasteiger partial charge < -0.3 is 10.2 Å². The molecule has 2 rings (SSSR count). The number of carbonyl (C=O) groups is 1. The van der Waals surface area contributed by atoms with Gasteiger partial charge in [-0.05, 0) is 31.5 Å². The van der Waals surface area contributed by atoms with Crippen LogP contribution in [0.1, 0.15) is 31.7 Å². The lowest BCUT2D eigenvalue weighted by Crippen LogP contribution is -2.44. The van der Waals surface area contributed by atoms with Gasteiger partial charge in [-0.2, -0.15) is 0 Å². The molecule has 116 valence electrons. The van der Waals surface area contributed by atoms with Crippen molar-refractivity contribution in [2.24, 2.45) is 5.92 Å². The number of halogens is 1. The monoisotopic (exact) mass is 295 g/mol. The Balaban J connectivity index is 2.19. The van der Waals surface area contributed by atoms with E-state index in [0.717, 1.165) is 5.56 Å². The zero-order valence-electron chi connectivity index (χ0n) is 12.4. The van der Waals surface area contributed by atoms with E-state index in [1.165, 1.54) is 12.1 Å². The zero-order chi connectivity index (χ0) is 15.6. The van der Waals surface area contributed by atoms with Gasteiger partial charge >= 0.3 is 5.97 Å². The minimum atomic E-state index is -0.838. The molecule has 4 nitrogen and oxygen atoms in total. The lowest BCUT2D eigenvalue weighted by atomic mass is 9.89. The van der Waals surface area contributed by atoms with E-state index in [1.54, 1.807) is 6.07 Å². The maximum Gasteiger partial charge on any atom is 0.305 e. The Morgan fingerprint density at radius 2 is 2.14 bits per heavy atom. The van der Waals surface area contributed by atoms with Crippen LogP contribution in [0.5, 0.6) is 0 Å². The number of aliphatic carboxylic acids is 1. The number of nitrogens with zero attached hydrogens (tertiary/aromatic N) is 1. The summed E-state index contributed by atoms with van der Waals surface area (Å²) in [4.78, 5) is 13.1. The predicted octanol–water partition coefficient (Wildman–Crippen LogP) is 2.09. The van der Waals surface area contributed by atoms with Crippen LogP contribution in [-0.2, 0) is 4.79 Å². The standard InChI is InChI=1S/C16H22FNO3/c1-16(2,7-15(20)21)18-8-12(10-19)14(9-18)11-4-3-5-13(17)6-11/h3-6,12,14,19H,7-10H2,1-2H3,(H,20,21)/t12-,14-/m1/s1. The minimum absolute atomic E-state index is 0.000120. The Morgan fingerprint density at radius 1 is 1.43 bits per heavy atom. The number of benzene rings is 1. The normalized spacial score (nSPS) is 23.4. The van der Waals surface area contributed by atoms with E-state index < -0.39 is 11.5 Å². The summed E-state index contributed by atoms with van der Waals surface area (Å²) in [5.74, 6) is -1.10. The molecule has 1 heterocycles. The fraction of sp³-hybridized carbons (Fsp3) is 0.562. The molecule has 0 radical (unpaired) electrons. The summed E-state index contributed by atoms with van der Waals surface area (Å²) in [5, 5.41) is 18.6. The molecule has 0 aliphatic carbocycles. The smallest absolute Gasteiger partial charge is 0.305 e. The molecule has 0 amide bonds. The molecule has 2 atom stereocenters. The number of carboxylic acids is 1. The van der Waals surface area contributed by atoms with Crippen LogP contribution < -0.4 is 0 Å². The van der Waals surface area contributed by atoms with Crippen molar-refractivity contribution in [3.8, 4) is 0 Å². The van der Waals surface area contributed by atoms with Gasteiger partial charge in [-0.25, -0.2) is 4.39 Å². The number of carboxylic acid groups (broad SMARTS) is 1. The highest BCUT2D eigenvalue weighted by Gasteiger charge is 2.40. The van der Waals surface area contributed by atoms with Crippen LogP contribution in [0.25, 0.3) is 0 Å². The van der Waals surface area contributed by atoms with E-state index in [0.29, 0.717) is 13.1 Å². The lowest BCUT2D eigenvalue weighted by Gasteiger charge is -2.34. The van der Waals surface area contributed by atoms with E-state index in [-0.39, 0.29) is 30.7 Å². The van der Waals surface area contributed by atoms with Crippen LogP contribution in [0.3, 0.4) is 0 Å². The molecular formula is C16H22FNO3. The summed E-state index contributed by atoms with van der Waals surface area (Å²) in [6, 6.07) is 6.44. The van der Waals surface area contributed by atoms with Crippen LogP contribution >= 0.6 is 0 Å². The van der Waals surface area contributed by atoms with Gasteiger partial charge in [-0.1, -0.05) is 12.1 Å². The Labute approximate surface area is 124 Å². The zero-order valence-corrected chi connectivity index (χ0v) is 12.4. The van der Waals surface area contributed by atoms with E-state index in [9.17, 15) is 14.3 Å². The highest BCUT2D eigenvalue weighted by Crippen LogP contribution is 2.37. The van der Waals surface area contributed by atoms with Crippen LogP contribution in [0.2, 0.25) is 0 Å². The van der Waals surface area contributed by atoms with Crippen LogP contribution in [0.4, 0.5) is 4.39 Å². The largest absolute Gasteiger partial charge is 0.481 e.